The SMILES string of the molecule is CN(C)C(=O)CN(C)C(=O)c1cccc(N)c1.Cl. The molecule has 1 aromatic carbocycles. The summed E-state index contributed by atoms with van der Waals surface area (Å²) < 4.78 is 0. The van der Waals surface area contributed by atoms with Gasteiger partial charge in [0.1, 0.15) is 0 Å². The third-order valence-electron chi connectivity index (χ3n) is 2.35. The maximum Gasteiger partial charge on any atom is 0.254 e. The van der Waals surface area contributed by atoms with Crippen LogP contribution in [0, 0.1) is 0 Å². The van der Waals surface area contributed by atoms with E-state index in [1.165, 1.54) is 9.80 Å². The molecule has 5 nitrogen and oxygen atoms in total. The number of hydrogen-bond donors (Lipinski definition) is 1. The summed E-state index contributed by atoms with van der Waals surface area (Å²) in [6, 6.07) is 6.69. The van der Waals surface area contributed by atoms with Crippen molar-refractivity contribution < 1.29 is 9.59 Å². The van der Waals surface area contributed by atoms with E-state index in [4.69, 9.17) is 5.73 Å². The fraction of sp³-hybridized carbons (Fsp3) is 0.333. The largest absolute Gasteiger partial charge is 0.399 e. The minimum absolute atomic E-state index is 0. The molecule has 2 amide bonds. The average Bonchev–Trinajstić information content (AvgIpc) is 2.27. The van der Waals surface area contributed by atoms with Crippen LogP contribution in [0.3, 0.4) is 0 Å². The Bertz CT molecular complexity index is 435. The first-order valence-corrected chi connectivity index (χ1v) is 5.23. The molecule has 0 spiro atoms. The lowest BCUT2D eigenvalue weighted by atomic mass is 10.2. The van der Waals surface area contributed by atoms with Gasteiger partial charge in [0.15, 0.2) is 0 Å². The second-order valence-corrected chi connectivity index (χ2v) is 4.07. The molecule has 0 fully saturated rings. The number of carbonyl (C=O) groups excluding carboxylic acids is 2. The monoisotopic (exact) mass is 271 g/mol. The van der Waals surface area contributed by atoms with Crippen molar-refractivity contribution >= 4 is 29.9 Å². The van der Waals surface area contributed by atoms with Gasteiger partial charge < -0.3 is 15.5 Å². The topological polar surface area (TPSA) is 66.6 Å². The summed E-state index contributed by atoms with van der Waals surface area (Å²) in [5, 5.41) is 0. The van der Waals surface area contributed by atoms with Crippen molar-refractivity contribution in [3.8, 4) is 0 Å². The summed E-state index contributed by atoms with van der Waals surface area (Å²) in [5.41, 5.74) is 6.62. The van der Waals surface area contributed by atoms with E-state index in [0.717, 1.165) is 0 Å². The molecule has 100 valence electrons. The number of carbonyl (C=O) groups is 2. The van der Waals surface area contributed by atoms with Crippen LogP contribution in [0.25, 0.3) is 0 Å². The highest BCUT2D eigenvalue weighted by Gasteiger charge is 2.15. The standard InChI is InChI=1S/C12H17N3O2.ClH/c1-14(2)11(16)8-15(3)12(17)9-5-4-6-10(13)7-9;/h4-7H,8,13H2,1-3H3;1H. The van der Waals surface area contributed by atoms with E-state index in [2.05, 4.69) is 0 Å². The van der Waals surface area contributed by atoms with Crippen molar-refractivity contribution in [1.82, 2.24) is 9.80 Å². The zero-order valence-electron chi connectivity index (χ0n) is 10.7. The number of rotatable bonds is 3. The molecule has 0 radical (unpaired) electrons. The summed E-state index contributed by atoms with van der Waals surface area (Å²) >= 11 is 0. The van der Waals surface area contributed by atoms with Crippen LogP contribution in [-0.2, 0) is 4.79 Å². The van der Waals surface area contributed by atoms with Crippen molar-refractivity contribution in [3.05, 3.63) is 29.8 Å². The third kappa shape index (κ3) is 4.25. The fourth-order valence-electron chi connectivity index (χ4n) is 1.31. The minimum Gasteiger partial charge on any atom is -0.399 e. The zero-order valence-corrected chi connectivity index (χ0v) is 11.5. The summed E-state index contributed by atoms with van der Waals surface area (Å²) in [5.74, 6) is -0.336. The highest BCUT2D eigenvalue weighted by atomic mass is 35.5. The van der Waals surface area contributed by atoms with Crippen molar-refractivity contribution in [3.63, 3.8) is 0 Å². The van der Waals surface area contributed by atoms with Crippen LogP contribution in [0.4, 0.5) is 5.69 Å². The first-order chi connectivity index (χ1) is 7.91. The number of nitrogen functional groups attached to an aromatic ring is 1. The van der Waals surface area contributed by atoms with Gasteiger partial charge in [0, 0.05) is 32.4 Å². The predicted octanol–water partition coefficient (Wildman–Crippen LogP) is 0.851. The minimum atomic E-state index is -0.215. The van der Waals surface area contributed by atoms with Gasteiger partial charge in [-0.2, -0.15) is 0 Å². The number of nitrogens with zero attached hydrogens (tertiary/aromatic N) is 2. The summed E-state index contributed by atoms with van der Waals surface area (Å²) in [6.45, 7) is 0.0562. The number of anilines is 1. The van der Waals surface area contributed by atoms with Crippen LogP contribution in [0.2, 0.25) is 0 Å². The predicted molar refractivity (Wildman–Crippen MR) is 73.8 cm³/mol. The van der Waals surface area contributed by atoms with E-state index in [1.807, 2.05) is 0 Å². The van der Waals surface area contributed by atoms with Crippen molar-refractivity contribution in [1.29, 1.82) is 0 Å². The second kappa shape index (κ2) is 6.86. The van der Waals surface area contributed by atoms with Crippen molar-refractivity contribution in [2.24, 2.45) is 0 Å². The molecule has 2 N–H and O–H groups in total. The summed E-state index contributed by atoms with van der Waals surface area (Å²) in [7, 11) is 4.90. The van der Waals surface area contributed by atoms with E-state index in [1.54, 1.807) is 45.4 Å². The Hall–Kier alpha value is -1.75. The van der Waals surface area contributed by atoms with Gasteiger partial charge >= 0.3 is 0 Å². The van der Waals surface area contributed by atoms with Gasteiger partial charge in [0.25, 0.3) is 5.91 Å². The van der Waals surface area contributed by atoms with Gasteiger partial charge in [-0.3, -0.25) is 9.59 Å². The molecular weight excluding hydrogens is 254 g/mol. The molecule has 6 heteroatoms. The molecule has 0 unspecified atom stereocenters. The van der Waals surface area contributed by atoms with E-state index >= 15 is 0 Å². The number of likely N-dealkylation sites (N-methyl/N-ethyl adjacent to an activating group) is 2. The normalized spacial score (nSPS) is 9.28. The van der Waals surface area contributed by atoms with E-state index in [-0.39, 0.29) is 30.8 Å². The zero-order chi connectivity index (χ0) is 13.0. The van der Waals surface area contributed by atoms with Crippen LogP contribution in [-0.4, -0.2) is 49.3 Å². The molecule has 0 atom stereocenters. The Labute approximate surface area is 113 Å². The first-order valence-electron chi connectivity index (χ1n) is 5.23. The van der Waals surface area contributed by atoms with Gasteiger partial charge in [-0.05, 0) is 18.2 Å². The lowest BCUT2D eigenvalue weighted by Gasteiger charge is -2.19. The van der Waals surface area contributed by atoms with E-state index < -0.39 is 0 Å². The molecule has 18 heavy (non-hydrogen) atoms. The van der Waals surface area contributed by atoms with Crippen LogP contribution in [0.1, 0.15) is 10.4 Å². The highest BCUT2D eigenvalue weighted by molar-refractivity contribution is 5.96. The van der Waals surface area contributed by atoms with Crippen LogP contribution >= 0.6 is 12.4 Å². The summed E-state index contributed by atoms with van der Waals surface area (Å²) in [4.78, 5) is 26.2. The highest BCUT2D eigenvalue weighted by Crippen LogP contribution is 2.08. The fourth-order valence-corrected chi connectivity index (χ4v) is 1.31. The Kier molecular flexibility index (Phi) is 6.19. The van der Waals surface area contributed by atoms with Gasteiger partial charge in [-0.1, -0.05) is 6.07 Å². The average molecular weight is 272 g/mol. The summed E-state index contributed by atoms with van der Waals surface area (Å²) in [6.07, 6.45) is 0. The lowest BCUT2D eigenvalue weighted by molar-refractivity contribution is -0.129. The number of hydrogen-bond acceptors (Lipinski definition) is 3. The third-order valence-corrected chi connectivity index (χ3v) is 2.35. The van der Waals surface area contributed by atoms with E-state index in [0.29, 0.717) is 11.3 Å². The Balaban J connectivity index is 0.00000289. The molecule has 0 aliphatic rings. The molecule has 0 aliphatic heterocycles. The second-order valence-electron chi connectivity index (χ2n) is 4.07. The smallest absolute Gasteiger partial charge is 0.254 e. The van der Waals surface area contributed by atoms with Gasteiger partial charge in [0.05, 0.1) is 6.54 Å². The van der Waals surface area contributed by atoms with E-state index in [9.17, 15) is 9.59 Å². The number of nitrogens with two attached hydrogens (primary N) is 1. The van der Waals surface area contributed by atoms with Gasteiger partial charge in [-0.25, -0.2) is 0 Å². The molecule has 0 aromatic heterocycles. The molecule has 0 saturated carbocycles. The molecule has 0 bridgehead atoms. The van der Waals surface area contributed by atoms with Crippen LogP contribution in [0.15, 0.2) is 24.3 Å². The van der Waals surface area contributed by atoms with Gasteiger partial charge in [0.2, 0.25) is 5.91 Å². The Morgan fingerprint density at radius 3 is 2.33 bits per heavy atom. The maximum absolute atomic E-state index is 12.0. The molecule has 1 aromatic rings. The quantitative estimate of drug-likeness (QED) is 0.829. The maximum atomic E-state index is 12.0. The van der Waals surface area contributed by atoms with Crippen LogP contribution in [0.5, 0.6) is 0 Å². The first kappa shape index (κ1) is 16.2. The molecule has 0 saturated heterocycles. The Morgan fingerprint density at radius 2 is 1.83 bits per heavy atom. The lowest BCUT2D eigenvalue weighted by Crippen LogP contribution is -2.37. The number of benzene rings is 1. The van der Waals surface area contributed by atoms with Gasteiger partial charge in [-0.15, -0.1) is 12.4 Å². The molecule has 0 aliphatic carbocycles. The molecule has 0 heterocycles. The number of halogens is 1. The van der Waals surface area contributed by atoms with Crippen molar-refractivity contribution in [2.45, 2.75) is 0 Å². The number of amides is 2. The van der Waals surface area contributed by atoms with Crippen LogP contribution < -0.4 is 5.73 Å². The Morgan fingerprint density at radius 1 is 1.22 bits per heavy atom. The molecular formula is C12H18ClN3O2. The van der Waals surface area contributed by atoms with Crippen molar-refractivity contribution in [2.75, 3.05) is 33.4 Å². The molecule has 1 rings (SSSR count).